The number of carbonyl (C=O) groups is 1. The molecule has 1 amide bonds. The maximum absolute atomic E-state index is 12.2. The van der Waals surface area contributed by atoms with Gasteiger partial charge in [-0.3, -0.25) is 4.79 Å². The first-order valence-electron chi connectivity index (χ1n) is 5.88. The van der Waals surface area contributed by atoms with Crippen LogP contribution in [0, 0.1) is 5.92 Å². The van der Waals surface area contributed by atoms with Crippen molar-refractivity contribution in [2.24, 2.45) is 16.8 Å². The van der Waals surface area contributed by atoms with Crippen molar-refractivity contribution in [2.75, 3.05) is 13.7 Å². The molecule has 0 aromatic rings. The molecule has 98 valence electrons. The van der Waals surface area contributed by atoms with Gasteiger partial charge in [0, 0.05) is 13.7 Å². The van der Waals surface area contributed by atoms with E-state index in [0.717, 1.165) is 12.8 Å². The summed E-state index contributed by atoms with van der Waals surface area (Å²) < 4.78 is 5.49. The van der Waals surface area contributed by atoms with Crippen LogP contribution in [-0.4, -0.2) is 47.7 Å². The number of rotatable bonds is 4. The Kier molecular flexibility index (Phi) is 4.74. The van der Waals surface area contributed by atoms with E-state index in [0.29, 0.717) is 6.61 Å². The molecule has 0 bridgehead atoms. The first-order valence-corrected chi connectivity index (χ1v) is 5.88. The summed E-state index contributed by atoms with van der Waals surface area (Å²) in [5.41, 5.74) is 5.50. The number of amidine groups is 1. The summed E-state index contributed by atoms with van der Waals surface area (Å²) >= 11 is 0. The lowest BCUT2D eigenvalue weighted by atomic mass is 9.97. The monoisotopic (exact) mass is 243 g/mol. The molecule has 0 aromatic carbocycles. The van der Waals surface area contributed by atoms with Gasteiger partial charge in [-0.2, -0.15) is 0 Å². The first-order chi connectivity index (χ1) is 8.02. The van der Waals surface area contributed by atoms with E-state index in [4.69, 9.17) is 15.7 Å². The molecule has 6 heteroatoms. The second kappa shape index (κ2) is 5.86. The van der Waals surface area contributed by atoms with E-state index in [9.17, 15) is 4.79 Å². The van der Waals surface area contributed by atoms with Crippen LogP contribution in [0.25, 0.3) is 0 Å². The third kappa shape index (κ3) is 2.88. The molecule has 0 saturated carbocycles. The molecular formula is C11H21N3O3. The molecule has 1 saturated heterocycles. The van der Waals surface area contributed by atoms with Gasteiger partial charge in [0.25, 0.3) is 0 Å². The van der Waals surface area contributed by atoms with Crippen LogP contribution in [-0.2, 0) is 9.53 Å². The Balaban J connectivity index is 2.69. The Hall–Kier alpha value is -1.30. The number of ether oxygens (including phenoxy) is 1. The number of nitrogens with zero attached hydrogens (tertiary/aromatic N) is 2. The highest BCUT2D eigenvalue weighted by molar-refractivity contribution is 5.90. The van der Waals surface area contributed by atoms with Crippen molar-refractivity contribution in [2.45, 2.75) is 38.8 Å². The van der Waals surface area contributed by atoms with Gasteiger partial charge in [-0.1, -0.05) is 12.1 Å². The molecule has 1 aliphatic heterocycles. The van der Waals surface area contributed by atoms with Crippen molar-refractivity contribution in [1.82, 2.24) is 4.90 Å². The highest BCUT2D eigenvalue weighted by atomic mass is 16.5. The topological polar surface area (TPSA) is 88.2 Å². The summed E-state index contributed by atoms with van der Waals surface area (Å²) in [6.45, 7) is 4.35. The van der Waals surface area contributed by atoms with Gasteiger partial charge < -0.3 is 20.6 Å². The number of likely N-dealkylation sites (N-methyl/N-ethyl adjacent to an activating group) is 1. The van der Waals surface area contributed by atoms with E-state index < -0.39 is 6.04 Å². The fraction of sp³-hybridized carbons (Fsp3) is 0.818. The van der Waals surface area contributed by atoms with Crippen molar-refractivity contribution in [3.05, 3.63) is 0 Å². The summed E-state index contributed by atoms with van der Waals surface area (Å²) in [4.78, 5) is 13.7. The van der Waals surface area contributed by atoms with Crippen LogP contribution in [0.1, 0.15) is 26.7 Å². The van der Waals surface area contributed by atoms with Gasteiger partial charge in [0.15, 0.2) is 5.84 Å². The zero-order valence-electron chi connectivity index (χ0n) is 10.6. The van der Waals surface area contributed by atoms with Gasteiger partial charge in [0.2, 0.25) is 5.91 Å². The maximum Gasteiger partial charge on any atom is 0.228 e. The Morgan fingerprint density at radius 3 is 2.88 bits per heavy atom. The van der Waals surface area contributed by atoms with Gasteiger partial charge in [-0.05, 0) is 19.8 Å². The van der Waals surface area contributed by atoms with E-state index in [1.807, 2.05) is 6.92 Å². The van der Waals surface area contributed by atoms with E-state index in [-0.39, 0.29) is 23.8 Å². The van der Waals surface area contributed by atoms with Crippen molar-refractivity contribution < 1.29 is 14.7 Å². The van der Waals surface area contributed by atoms with Gasteiger partial charge in [0.1, 0.15) is 0 Å². The Labute approximate surface area is 101 Å². The summed E-state index contributed by atoms with van der Waals surface area (Å²) in [5, 5.41) is 11.5. The van der Waals surface area contributed by atoms with Crippen LogP contribution < -0.4 is 5.73 Å². The molecule has 3 atom stereocenters. The largest absolute Gasteiger partial charge is 0.409 e. The quantitative estimate of drug-likeness (QED) is 0.324. The molecule has 1 fully saturated rings. The standard InChI is InChI=1S/C11H21N3O3/c1-4-9-8(5-6-17-9)11(15)14(3)7(2)10(12)13-16/h7-9,16H,4-6H2,1-3H3,(H2,12,13). The first kappa shape index (κ1) is 13.8. The molecule has 3 N–H and O–H groups in total. The number of nitrogens with two attached hydrogens (primary N) is 1. The van der Waals surface area contributed by atoms with Gasteiger partial charge in [-0.25, -0.2) is 0 Å². The molecule has 0 radical (unpaired) electrons. The van der Waals surface area contributed by atoms with Crippen LogP contribution in [0.3, 0.4) is 0 Å². The lowest BCUT2D eigenvalue weighted by Gasteiger charge is -2.28. The minimum Gasteiger partial charge on any atom is -0.409 e. The molecule has 0 aromatic heterocycles. The van der Waals surface area contributed by atoms with Crippen LogP contribution in [0.2, 0.25) is 0 Å². The van der Waals surface area contributed by atoms with Crippen molar-refractivity contribution in [3.8, 4) is 0 Å². The molecule has 1 aliphatic rings. The zero-order valence-corrected chi connectivity index (χ0v) is 10.6. The number of hydrogen-bond donors (Lipinski definition) is 2. The molecule has 17 heavy (non-hydrogen) atoms. The third-order valence-corrected chi connectivity index (χ3v) is 3.40. The fourth-order valence-electron chi connectivity index (χ4n) is 2.07. The fourth-order valence-corrected chi connectivity index (χ4v) is 2.07. The normalized spacial score (nSPS) is 26.9. The number of carbonyl (C=O) groups excluding carboxylic acids is 1. The Morgan fingerprint density at radius 2 is 2.35 bits per heavy atom. The van der Waals surface area contributed by atoms with Crippen molar-refractivity contribution in [1.29, 1.82) is 0 Å². The molecule has 1 rings (SSSR count). The molecule has 0 aliphatic carbocycles. The van der Waals surface area contributed by atoms with Crippen LogP contribution >= 0.6 is 0 Å². The Bertz CT molecular complexity index is 306. The summed E-state index contributed by atoms with van der Waals surface area (Å²) in [6, 6.07) is -0.411. The zero-order chi connectivity index (χ0) is 13.0. The van der Waals surface area contributed by atoms with E-state index in [1.165, 1.54) is 4.90 Å². The maximum atomic E-state index is 12.2. The van der Waals surface area contributed by atoms with Gasteiger partial charge in [-0.15, -0.1) is 0 Å². The Morgan fingerprint density at radius 1 is 1.71 bits per heavy atom. The molecule has 0 spiro atoms. The summed E-state index contributed by atoms with van der Waals surface area (Å²) in [6.07, 6.45) is 1.55. The minimum atomic E-state index is -0.411. The van der Waals surface area contributed by atoms with Crippen LogP contribution in [0.4, 0.5) is 0 Å². The SMILES string of the molecule is CCC1OCCC1C(=O)N(C)C(C)C(N)=NO. The van der Waals surface area contributed by atoms with Gasteiger partial charge in [0.05, 0.1) is 18.1 Å². The van der Waals surface area contributed by atoms with Crippen molar-refractivity contribution in [3.63, 3.8) is 0 Å². The lowest BCUT2D eigenvalue weighted by molar-refractivity contribution is -0.136. The molecule has 6 nitrogen and oxygen atoms in total. The number of amides is 1. The van der Waals surface area contributed by atoms with Crippen LogP contribution in [0.15, 0.2) is 5.16 Å². The highest BCUT2D eigenvalue weighted by Crippen LogP contribution is 2.25. The lowest BCUT2D eigenvalue weighted by Crippen LogP contribution is -2.47. The molecular weight excluding hydrogens is 222 g/mol. The minimum absolute atomic E-state index is 0.00606. The molecule has 3 unspecified atom stereocenters. The predicted molar refractivity (Wildman–Crippen MR) is 63.8 cm³/mol. The average Bonchev–Trinajstić information content (AvgIpc) is 2.83. The summed E-state index contributed by atoms with van der Waals surface area (Å²) in [5.74, 6) is -0.0831. The third-order valence-electron chi connectivity index (χ3n) is 3.40. The van der Waals surface area contributed by atoms with Crippen LogP contribution in [0.5, 0.6) is 0 Å². The predicted octanol–water partition coefficient (Wildman–Crippen LogP) is 0.395. The van der Waals surface area contributed by atoms with E-state index >= 15 is 0 Å². The highest BCUT2D eigenvalue weighted by Gasteiger charge is 2.36. The average molecular weight is 243 g/mol. The second-order valence-corrected chi connectivity index (χ2v) is 4.36. The molecule has 1 heterocycles. The smallest absolute Gasteiger partial charge is 0.228 e. The van der Waals surface area contributed by atoms with Crippen molar-refractivity contribution >= 4 is 11.7 Å². The summed E-state index contributed by atoms with van der Waals surface area (Å²) in [7, 11) is 1.66. The number of hydrogen-bond acceptors (Lipinski definition) is 4. The van der Waals surface area contributed by atoms with Gasteiger partial charge >= 0.3 is 0 Å². The van der Waals surface area contributed by atoms with E-state index in [2.05, 4.69) is 5.16 Å². The second-order valence-electron chi connectivity index (χ2n) is 4.36. The number of oxime groups is 1. The van der Waals surface area contributed by atoms with E-state index in [1.54, 1.807) is 14.0 Å².